The van der Waals surface area contributed by atoms with Gasteiger partial charge in [-0.15, -0.1) is 0 Å². The molecule has 6 heteroatoms. The molecular weight excluding hydrogens is 352 g/mol. The van der Waals surface area contributed by atoms with Crippen LogP contribution in [0.25, 0.3) is 5.52 Å². The number of imidazole rings is 1. The highest BCUT2D eigenvalue weighted by molar-refractivity contribution is 6.02. The minimum absolute atomic E-state index is 0.0402. The van der Waals surface area contributed by atoms with Crippen LogP contribution in [0.3, 0.4) is 0 Å². The Morgan fingerprint density at radius 3 is 2.61 bits per heavy atom. The molecule has 0 aliphatic carbocycles. The van der Waals surface area contributed by atoms with E-state index in [1.807, 2.05) is 34.2 Å². The number of piperidine rings is 2. The van der Waals surface area contributed by atoms with Gasteiger partial charge in [-0.2, -0.15) is 0 Å². The van der Waals surface area contributed by atoms with Gasteiger partial charge in [0.15, 0.2) is 5.69 Å². The molecule has 0 radical (unpaired) electrons. The van der Waals surface area contributed by atoms with Crippen LogP contribution in [0.5, 0.6) is 0 Å². The van der Waals surface area contributed by atoms with Gasteiger partial charge in [0.25, 0.3) is 11.8 Å². The highest BCUT2D eigenvalue weighted by Gasteiger charge is 2.32. The highest BCUT2D eigenvalue weighted by atomic mass is 16.2. The van der Waals surface area contributed by atoms with Crippen molar-refractivity contribution in [3.8, 4) is 0 Å². The van der Waals surface area contributed by atoms with Crippen LogP contribution in [-0.4, -0.2) is 56.7 Å². The highest BCUT2D eigenvalue weighted by Crippen LogP contribution is 2.25. The first-order chi connectivity index (χ1) is 13.6. The van der Waals surface area contributed by atoms with Gasteiger partial charge in [-0.25, -0.2) is 4.98 Å². The van der Waals surface area contributed by atoms with Gasteiger partial charge in [-0.3, -0.25) is 14.0 Å². The predicted octanol–water partition coefficient (Wildman–Crippen LogP) is 3.61. The number of carbonyl (C=O) groups is 2. The quantitative estimate of drug-likeness (QED) is 0.815. The maximum absolute atomic E-state index is 13.4. The van der Waals surface area contributed by atoms with Crippen LogP contribution in [0.15, 0.2) is 24.4 Å². The maximum atomic E-state index is 13.4. The van der Waals surface area contributed by atoms with Crippen molar-refractivity contribution in [3.63, 3.8) is 0 Å². The van der Waals surface area contributed by atoms with Crippen molar-refractivity contribution in [2.75, 3.05) is 19.6 Å². The fraction of sp³-hybridized carbons (Fsp3) is 0.591. The van der Waals surface area contributed by atoms with Crippen LogP contribution >= 0.6 is 0 Å². The summed E-state index contributed by atoms with van der Waals surface area (Å²) < 4.78 is 1.79. The molecular formula is C22H30N4O2. The minimum atomic E-state index is -0.0714. The lowest BCUT2D eigenvalue weighted by molar-refractivity contribution is 0.0604. The predicted molar refractivity (Wildman–Crippen MR) is 108 cm³/mol. The number of hydrogen-bond donors (Lipinski definition) is 0. The number of nitrogens with zero attached hydrogens (tertiary/aromatic N) is 4. The van der Waals surface area contributed by atoms with E-state index in [1.165, 1.54) is 6.42 Å². The van der Waals surface area contributed by atoms with Crippen molar-refractivity contribution >= 4 is 17.3 Å². The number of rotatable bonds is 3. The van der Waals surface area contributed by atoms with Crippen molar-refractivity contribution < 1.29 is 9.59 Å². The third-order valence-corrected chi connectivity index (χ3v) is 6.37. The Morgan fingerprint density at radius 2 is 1.86 bits per heavy atom. The molecule has 28 heavy (non-hydrogen) atoms. The Balaban J connectivity index is 1.68. The standard InChI is InChI=1S/C22H30N4O2/c1-3-17-8-4-6-12-25(17)21(27)19-18-9-5-7-13-26(18)20(23-19)22(28)24-14-10-16(2)11-15-24/h5,7,9,13,16-17H,3-4,6,8,10-12,14-15H2,1-2H3. The lowest BCUT2D eigenvalue weighted by Crippen LogP contribution is -2.43. The molecule has 1 unspecified atom stereocenters. The van der Waals surface area contributed by atoms with E-state index in [4.69, 9.17) is 0 Å². The normalized spacial score (nSPS) is 21.3. The van der Waals surface area contributed by atoms with Crippen molar-refractivity contribution in [3.05, 3.63) is 35.9 Å². The number of hydrogen-bond acceptors (Lipinski definition) is 3. The molecule has 0 spiro atoms. The Labute approximate surface area is 166 Å². The Bertz CT molecular complexity index is 867. The van der Waals surface area contributed by atoms with Gasteiger partial charge in [-0.05, 0) is 56.6 Å². The molecule has 0 saturated carbocycles. The van der Waals surface area contributed by atoms with Crippen molar-refractivity contribution in [2.24, 2.45) is 5.92 Å². The average Bonchev–Trinajstić information content (AvgIpc) is 3.13. The summed E-state index contributed by atoms with van der Waals surface area (Å²) in [6.07, 6.45) is 8.09. The van der Waals surface area contributed by atoms with E-state index in [-0.39, 0.29) is 17.9 Å². The third kappa shape index (κ3) is 3.40. The largest absolute Gasteiger partial charge is 0.336 e. The van der Waals surface area contributed by atoms with Crippen molar-refractivity contribution in [1.82, 2.24) is 19.2 Å². The first-order valence-electron chi connectivity index (χ1n) is 10.7. The second-order valence-electron chi connectivity index (χ2n) is 8.27. The number of fused-ring (bicyclic) bond motifs is 1. The lowest BCUT2D eigenvalue weighted by Gasteiger charge is -2.34. The Morgan fingerprint density at radius 1 is 1.07 bits per heavy atom. The fourth-order valence-corrected chi connectivity index (χ4v) is 4.53. The molecule has 2 aliphatic rings. The van der Waals surface area contributed by atoms with E-state index < -0.39 is 0 Å². The Kier molecular flexibility index (Phi) is 5.38. The van der Waals surface area contributed by atoms with E-state index in [2.05, 4.69) is 18.8 Å². The Hall–Kier alpha value is -2.37. The second-order valence-corrected chi connectivity index (χ2v) is 8.27. The van der Waals surface area contributed by atoms with Gasteiger partial charge in [0.1, 0.15) is 0 Å². The molecule has 2 aromatic heterocycles. The molecule has 4 heterocycles. The summed E-state index contributed by atoms with van der Waals surface area (Å²) in [6.45, 7) is 6.65. The van der Waals surface area contributed by atoms with Crippen LogP contribution in [0, 0.1) is 5.92 Å². The van der Waals surface area contributed by atoms with E-state index in [1.54, 1.807) is 4.40 Å². The molecule has 0 N–H and O–H groups in total. The van der Waals surface area contributed by atoms with E-state index in [9.17, 15) is 9.59 Å². The van der Waals surface area contributed by atoms with Gasteiger partial charge in [-0.1, -0.05) is 19.9 Å². The summed E-state index contributed by atoms with van der Waals surface area (Å²) in [5.41, 5.74) is 1.14. The van der Waals surface area contributed by atoms with Crippen LogP contribution in [0.4, 0.5) is 0 Å². The molecule has 0 bridgehead atoms. The number of carbonyl (C=O) groups excluding carboxylic acids is 2. The molecule has 6 nitrogen and oxygen atoms in total. The minimum Gasteiger partial charge on any atom is -0.336 e. The molecule has 2 aliphatic heterocycles. The number of likely N-dealkylation sites (tertiary alicyclic amines) is 2. The van der Waals surface area contributed by atoms with Crippen LogP contribution in [-0.2, 0) is 0 Å². The lowest BCUT2D eigenvalue weighted by atomic mass is 9.99. The summed E-state index contributed by atoms with van der Waals surface area (Å²) in [7, 11) is 0. The van der Waals surface area contributed by atoms with E-state index >= 15 is 0 Å². The van der Waals surface area contributed by atoms with Gasteiger partial charge in [0.2, 0.25) is 5.82 Å². The number of amides is 2. The molecule has 2 aromatic rings. The van der Waals surface area contributed by atoms with Crippen LogP contribution in [0.2, 0.25) is 0 Å². The molecule has 2 amide bonds. The van der Waals surface area contributed by atoms with Crippen molar-refractivity contribution in [1.29, 1.82) is 0 Å². The first kappa shape index (κ1) is 19.0. The smallest absolute Gasteiger partial charge is 0.290 e. The number of pyridine rings is 1. The zero-order valence-electron chi connectivity index (χ0n) is 16.9. The maximum Gasteiger partial charge on any atom is 0.290 e. The summed E-state index contributed by atoms with van der Waals surface area (Å²) in [6, 6.07) is 5.94. The number of aromatic nitrogens is 2. The molecule has 1 atom stereocenters. The monoisotopic (exact) mass is 382 g/mol. The second kappa shape index (κ2) is 7.94. The molecule has 4 rings (SSSR count). The molecule has 0 aromatic carbocycles. The fourth-order valence-electron chi connectivity index (χ4n) is 4.53. The molecule has 2 fully saturated rings. The average molecular weight is 383 g/mol. The summed E-state index contributed by atoms with van der Waals surface area (Å²) in [4.78, 5) is 35.0. The zero-order chi connectivity index (χ0) is 19.7. The van der Waals surface area contributed by atoms with E-state index in [0.717, 1.165) is 57.3 Å². The summed E-state index contributed by atoms with van der Waals surface area (Å²) in [5.74, 6) is 0.904. The zero-order valence-corrected chi connectivity index (χ0v) is 16.9. The van der Waals surface area contributed by atoms with Crippen LogP contribution < -0.4 is 0 Å². The van der Waals surface area contributed by atoms with Crippen LogP contribution in [0.1, 0.15) is 73.5 Å². The van der Waals surface area contributed by atoms with Gasteiger partial charge in [0.05, 0.1) is 5.52 Å². The van der Waals surface area contributed by atoms with E-state index in [0.29, 0.717) is 17.4 Å². The third-order valence-electron chi connectivity index (χ3n) is 6.37. The topological polar surface area (TPSA) is 57.9 Å². The van der Waals surface area contributed by atoms with Gasteiger partial charge in [0, 0.05) is 31.9 Å². The summed E-state index contributed by atoms with van der Waals surface area (Å²) >= 11 is 0. The van der Waals surface area contributed by atoms with Crippen molar-refractivity contribution in [2.45, 2.75) is 58.4 Å². The first-order valence-corrected chi connectivity index (χ1v) is 10.7. The van der Waals surface area contributed by atoms with Gasteiger partial charge < -0.3 is 9.80 Å². The molecule has 150 valence electrons. The SMILES string of the molecule is CCC1CCCCN1C(=O)c1nc(C(=O)N2CCC(C)CC2)n2ccccc12. The molecule has 2 saturated heterocycles. The summed E-state index contributed by atoms with van der Waals surface area (Å²) in [5, 5.41) is 0. The van der Waals surface area contributed by atoms with Gasteiger partial charge >= 0.3 is 0 Å².